The first-order chi connectivity index (χ1) is 6.77. The van der Waals surface area contributed by atoms with Crippen molar-refractivity contribution in [1.82, 2.24) is 0 Å². The van der Waals surface area contributed by atoms with E-state index in [-0.39, 0.29) is 10.2 Å². The fourth-order valence-electron chi connectivity index (χ4n) is 0.803. The molecule has 0 fully saturated rings. The van der Waals surface area contributed by atoms with Gasteiger partial charge < -0.3 is 4.74 Å². The Morgan fingerprint density at radius 1 is 1.14 bits per heavy atom. The van der Waals surface area contributed by atoms with Crippen LogP contribution >= 0.6 is 15.9 Å². The quantitative estimate of drug-likeness (QED) is 0.470. The smallest absolute Gasteiger partial charge is 0.186 e. The van der Waals surface area contributed by atoms with Gasteiger partial charge in [-0.1, -0.05) is 18.2 Å². The van der Waals surface area contributed by atoms with Crippen LogP contribution in [0.2, 0.25) is 0 Å². The molecule has 0 aromatic heterocycles. The largest absolute Gasteiger partial charge is 0.453 e. The van der Waals surface area contributed by atoms with E-state index in [2.05, 4.69) is 15.9 Å². The molecule has 1 aromatic rings. The lowest BCUT2D eigenvalue weighted by atomic mass is 10.3. The number of carbonyl (C=O) groups is 2. The number of hydrogen-bond acceptors (Lipinski definition) is 3. The van der Waals surface area contributed by atoms with E-state index in [1.807, 2.05) is 6.07 Å². The summed E-state index contributed by atoms with van der Waals surface area (Å²) in [5.74, 6) is 0.472. The summed E-state index contributed by atoms with van der Waals surface area (Å²) in [5, 5.41) is 0. The maximum atomic E-state index is 10.5. The van der Waals surface area contributed by atoms with Crippen LogP contribution in [0.4, 0.5) is 0 Å². The summed E-state index contributed by atoms with van der Waals surface area (Å²) in [6.07, 6.45) is 0.984. The van der Waals surface area contributed by atoms with Gasteiger partial charge >= 0.3 is 0 Å². The van der Waals surface area contributed by atoms with Gasteiger partial charge in [-0.25, -0.2) is 0 Å². The Bertz CT molecular complexity index is 357. The fourth-order valence-corrected chi connectivity index (χ4v) is 0.977. The third-order valence-electron chi connectivity index (χ3n) is 1.42. The lowest BCUT2D eigenvalue weighted by Crippen LogP contribution is -1.99. The molecule has 1 rings (SSSR count). The molecule has 0 radical (unpaired) electrons. The third kappa shape index (κ3) is 2.81. The lowest BCUT2D eigenvalue weighted by Gasteiger charge is -2.03. The first-order valence-electron chi connectivity index (χ1n) is 3.81. The van der Waals surface area contributed by atoms with Crippen molar-refractivity contribution in [2.75, 3.05) is 0 Å². The van der Waals surface area contributed by atoms with E-state index < -0.39 is 0 Å². The monoisotopic (exact) mass is 254 g/mol. The van der Waals surface area contributed by atoms with Gasteiger partial charge in [-0.05, 0) is 28.1 Å². The van der Waals surface area contributed by atoms with Crippen LogP contribution in [0.25, 0.3) is 0 Å². The second-order valence-corrected chi connectivity index (χ2v) is 3.22. The van der Waals surface area contributed by atoms with Gasteiger partial charge in [0.2, 0.25) is 0 Å². The van der Waals surface area contributed by atoms with Gasteiger partial charge in [0, 0.05) is 0 Å². The van der Waals surface area contributed by atoms with Crippen LogP contribution in [0.1, 0.15) is 0 Å². The standard InChI is InChI=1S/C10H7BrO3/c11-9(6-12)10(7-13)14-8-4-2-1-3-5-8/h1-7H/b10-9-. The average molecular weight is 255 g/mol. The van der Waals surface area contributed by atoms with Crippen molar-refractivity contribution in [2.45, 2.75) is 0 Å². The van der Waals surface area contributed by atoms with Crippen molar-refractivity contribution in [3.8, 4) is 5.75 Å². The molecule has 0 bridgehead atoms. The molecular formula is C10H7BrO3. The molecular weight excluding hydrogens is 248 g/mol. The Hall–Kier alpha value is -1.42. The highest BCUT2D eigenvalue weighted by molar-refractivity contribution is 9.12. The summed E-state index contributed by atoms with van der Waals surface area (Å²) in [4.78, 5) is 20.9. The van der Waals surface area contributed by atoms with Crippen molar-refractivity contribution in [3.05, 3.63) is 40.6 Å². The molecule has 0 saturated heterocycles. The second kappa shape index (κ2) is 5.34. The number of rotatable bonds is 4. The topological polar surface area (TPSA) is 43.4 Å². The molecule has 0 aliphatic heterocycles. The van der Waals surface area contributed by atoms with Gasteiger partial charge in [-0.15, -0.1) is 0 Å². The predicted molar refractivity (Wildman–Crippen MR) is 55.2 cm³/mol. The molecule has 72 valence electrons. The number of hydrogen-bond donors (Lipinski definition) is 0. The Morgan fingerprint density at radius 2 is 1.79 bits per heavy atom. The molecule has 3 nitrogen and oxygen atoms in total. The first kappa shape index (κ1) is 10.7. The van der Waals surface area contributed by atoms with Gasteiger partial charge in [0.05, 0.1) is 0 Å². The maximum Gasteiger partial charge on any atom is 0.186 e. The molecule has 0 saturated carbocycles. The fraction of sp³-hybridized carbons (Fsp3) is 0. The van der Waals surface area contributed by atoms with Gasteiger partial charge in [0.1, 0.15) is 10.2 Å². The first-order valence-corrected chi connectivity index (χ1v) is 4.60. The van der Waals surface area contributed by atoms with E-state index in [4.69, 9.17) is 4.74 Å². The van der Waals surface area contributed by atoms with Crippen LogP contribution in [0, 0.1) is 0 Å². The molecule has 0 aliphatic carbocycles. The molecule has 0 heterocycles. The zero-order valence-corrected chi connectivity index (χ0v) is 8.73. The Kier molecular flexibility index (Phi) is 4.07. The molecule has 0 spiro atoms. The summed E-state index contributed by atoms with van der Waals surface area (Å²) in [6.45, 7) is 0. The van der Waals surface area contributed by atoms with E-state index in [0.29, 0.717) is 18.3 Å². The zero-order chi connectivity index (χ0) is 10.4. The number of halogens is 1. The molecule has 0 aliphatic rings. The van der Waals surface area contributed by atoms with Crippen molar-refractivity contribution >= 4 is 28.5 Å². The van der Waals surface area contributed by atoms with E-state index in [1.165, 1.54) is 0 Å². The van der Waals surface area contributed by atoms with Crippen LogP contribution in [0.15, 0.2) is 40.6 Å². The van der Waals surface area contributed by atoms with Gasteiger partial charge in [-0.2, -0.15) is 0 Å². The normalized spacial score (nSPS) is 11.5. The molecule has 1 aromatic carbocycles. The number of allylic oxidation sites excluding steroid dienone is 2. The molecule has 0 N–H and O–H groups in total. The summed E-state index contributed by atoms with van der Waals surface area (Å²) in [6, 6.07) is 8.74. The number of ether oxygens (including phenoxy) is 1. The van der Waals surface area contributed by atoms with Gasteiger partial charge in [0.25, 0.3) is 0 Å². The van der Waals surface area contributed by atoms with Crippen LogP contribution in [0.3, 0.4) is 0 Å². The van der Waals surface area contributed by atoms with Crippen molar-refractivity contribution in [1.29, 1.82) is 0 Å². The summed E-state index contributed by atoms with van der Waals surface area (Å²) in [7, 11) is 0. The number of para-hydroxylation sites is 1. The van der Waals surface area contributed by atoms with Crippen LogP contribution in [-0.2, 0) is 9.59 Å². The predicted octanol–water partition coefficient (Wildman–Crippen LogP) is 2.07. The van der Waals surface area contributed by atoms with E-state index in [9.17, 15) is 9.59 Å². The Morgan fingerprint density at radius 3 is 2.29 bits per heavy atom. The van der Waals surface area contributed by atoms with Crippen molar-refractivity contribution < 1.29 is 14.3 Å². The Labute approximate surface area is 89.5 Å². The molecule has 14 heavy (non-hydrogen) atoms. The Balaban J connectivity index is 2.87. The molecule has 0 amide bonds. The highest BCUT2D eigenvalue weighted by Gasteiger charge is 2.04. The average Bonchev–Trinajstić information content (AvgIpc) is 2.26. The van der Waals surface area contributed by atoms with E-state index in [1.54, 1.807) is 24.3 Å². The SMILES string of the molecule is O=C/C(Br)=C(\C=O)Oc1ccccc1. The van der Waals surface area contributed by atoms with Gasteiger partial charge in [0.15, 0.2) is 18.3 Å². The van der Waals surface area contributed by atoms with Crippen molar-refractivity contribution in [3.63, 3.8) is 0 Å². The molecule has 0 atom stereocenters. The molecule has 0 unspecified atom stereocenters. The number of carbonyl (C=O) groups excluding carboxylic acids is 2. The summed E-state index contributed by atoms with van der Waals surface area (Å²) >= 11 is 2.92. The van der Waals surface area contributed by atoms with Crippen LogP contribution in [0.5, 0.6) is 5.75 Å². The minimum atomic E-state index is -0.0359. The van der Waals surface area contributed by atoms with Crippen LogP contribution < -0.4 is 4.74 Å². The number of benzene rings is 1. The van der Waals surface area contributed by atoms with E-state index in [0.717, 1.165) is 0 Å². The van der Waals surface area contributed by atoms with Gasteiger partial charge in [-0.3, -0.25) is 9.59 Å². The highest BCUT2D eigenvalue weighted by atomic mass is 79.9. The lowest BCUT2D eigenvalue weighted by molar-refractivity contribution is -0.108. The van der Waals surface area contributed by atoms with Crippen LogP contribution in [-0.4, -0.2) is 12.6 Å². The minimum Gasteiger partial charge on any atom is -0.453 e. The second-order valence-electron chi connectivity index (χ2n) is 2.36. The minimum absolute atomic E-state index is 0.0359. The molecule has 4 heteroatoms. The summed E-state index contributed by atoms with van der Waals surface area (Å²) in [5.41, 5.74) is 0. The summed E-state index contributed by atoms with van der Waals surface area (Å²) < 4.78 is 5.24. The third-order valence-corrected chi connectivity index (χ3v) is 1.99. The maximum absolute atomic E-state index is 10.5. The zero-order valence-electron chi connectivity index (χ0n) is 7.14. The van der Waals surface area contributed by atoms with E-state index >= 15 is 0 Å². The van der Waals surface area contributed by atoms with Crippen molar-refractivity contribution in [2.24, 2.45) is 0 Å². The highest BCUT2D eigenvalue weighted by Crippen LogP contribution is 2.15. The number of aldehydes is 2.